The molecule has 0 fully saturated rings. The van der Waals surface area contributed by atoms with Crippen LogP contribution in [0.5, 0.6) is 0 Å². The van der Waals surface area contributed by atoms with Crippen molar-refractivity contribution in [2.24, 2.45) is 5.10 Å². The first-order valence-corrected chi connectivity index (χ1v) is 5.29. The summed E-state index contributed by atoms with van der Waals surface area (Å²) in [6.45, 7) is 0. The van der Waals surface area contributed by atoms with Crippen LogP contribution in [0.15, 0.2) is 53.9 Å². The lowest BCUT2D eigenvalue weighted by molar-refractivity contribution is 0.0698. The lowest BCUT2D eigenvalue weighted by Crippen LogP contribution is -2.02. The van der Waals surface area contributed by atoms with E-state index in [1.807, 2.05) is 0 Å². The highest BCUT2D eigenvalue weighted by atomic mass is 16.4. The van der Waals surface area contributed by atoms with E-state index in [1.54, 1.807) is 48.9 Å². The molecule has 2 rings (SSSR count). The molecule has 0 saturated heterocycles. The third-order valence-electron chi connectivity index (χ3n) is 2.26. The van der Waals surface area contributed by atoms with Crippen LogP contribution in [0.25, 0.3) is 0 Å². The smallest absolute Gasteiger partial charge is 0.337 e. The van der Waals surface area contributed by atoms with Crippen LogP contribution < -0.4 is 5.43 Å². The Hall–Kier alpha value is -2.69. The Morgan fingerprint density at radius 3 is 2.67 bits per heavy atom. The number of nitrogens with one attached hydrogen (secondary N) is 1. The van der Waals surface area contributed by atoms with E-state index in [-0.39, 0.29) is 5.56 Å². The third kappa shape index (κ3) is 2.91. The average Bonchev–Trinajstić information content (AvgIpc) is 2.40. The molecule has 0 spiro atoms. The highest BCUT2D eigenvalue weighted by molar-refractivity contribution is 5.94. The number of hydrogen-bond acceptors (Lipinski definition) is 4. The van der Waals surface area contributed by atoms with Gasteiger partial charge in [-0.05, 0) is 29.8 Å². The second-order valence-corrected chi connectivity index (χ2v) is 3.50. The minimum Gasteiger partial charge on any atom is -0.478 e. The van der Waals surface area contributed by atoms with Gasteiger partial charge in [-0.25, -0.2) is 4.79 Å². The van der Waals surface area contributed by atoms with E-state index in [0.717, 1.165) is 5.56 Å². The minimum absolute atomic E-state index is 0.185. The Bertz CT molecular complexity index is 567. The molecular weight excluding hydrogens is 230 g/mol. The van der Waals surface area contributed by atoms with Gasteiger partial charge in [-0.2, -0.15) is 5.10 Å². The van der Waals surface area contributed by atoms with Gasteiger partial charge in [0.1, 0.15) is 0 Å². The molecule has 2 N–H and O–H groups in total. The van der Waals surface area contributed by atoms with Gasteiger partial charge in [-0.15, -0.1) is 0 Å². The molecule has 1 heterocycles. The van der Waals surface area contributed by atoms with Crippen LogP contribution in [0.4, 0.5) is 5.69 Å². The van der Waals surface area contributed by atoms with Crippen LogP contribution in [0, 0.1) is 0 Å². The molecule has 90 valence electrons. The van der Waals surface area contributed by atoms with Crippen LogP contribution >= 0.6 is 0 Å². The molecule has 5 nitrogen and oxygen atoms in total. The van der Waals surface area contributed by atoms with Crippen LogP contribution in [0.1, 0.15) is 15.9 Å². The summed E-state index contributed by atoms with van der Waals surface area (Å²) in [5.74, 6) is -0.989. The van der Waals surface area contributed by atoms with Crippen molar-refractivity contribution in [1.82, 2.24) is 4.98 Å². The van der Waals surface area contributed by atoms with Gasteiger partial charge in [0.25, 0.3) is 0 Å². The fourth-order valence-corrected chi connectivity index (χ4v) is 1.39. The predicted molar refractivity (Wildman–Crippen MR) is 68.9 cm³/mol. The summed E-state index contributed by atoms with van der Waals surface area (Å²) in [5, 5.41) is 13.0. The highest BCUT2D eigenvalue weighted by Crippen LogP contribution is 2.14. The molecule has 5 heteroatoms. The Morgan fingerprint density at radius 1 is 1.22 bits per heavy atom. The van der Waals surface area contributed by atoms with Crippen molar-refractivity contribution >= 4 is 17.9 Å². The maximum Gasteiger partial charge on any atom is 0.337 e. The lowest BCUT2D eigenvalue weighted by atomic mass is 10.2. The number of aromatic nitrogens is 1. The summed E-state index contributed by atoms with van der Waals surface area (Å²) in [7, 11) is 0. The number of benzene rings is 1. The van der Waals surface area contributed by atoms with Gasteiger partial charge in [0, 0.05) is 12.4 Å². The number of carboxylic acids is 1. The zero-order valence-corrected chi connectivity index (χ0v) is 9.45. The van der Waals surface area contributed by atoms with E-state index >= 15 is 0 Å². The number of carboxylic acid groups (broad SMARTS) is 1. The monoisotopic (exact) mass is 241 g/mol. The first-order valence-electron chi connectivity index (χ1n) is 5.29. The molecule has 0 aliphatic rings. The molecule has 1 aromatic heterocycles. The molecule has 2 aromatic rings. The summed E-state index contributed by atoms with van der Waals surface area (Å²) in [5.41, 5.74) is 4.23. The maximum atomic E-state index is 11.0. The number of anilines is 1. The molecule has 18 heavy (non-hydrogen) atoms. The molecule has 0 unspecified atom stereocenters. The Morgan fingerprint density at radius 2 is 1.94 bits per heavy atom. The van der Waals surface area contributed by atoms with E-state index in [0.29, 0.717) is 5.69 Å². The Labute approximate surface area is 104 Å². The largest absolute Gasteiger partial charge is 0.478 e. The van der Waals surface area contributed by atoms with Crippen LogP contribution in [0.3, 0.4) is 0 Å². The average molecular weight is 241 g/mol. The van der Waals surface area contributed by atoms with Gasteiger partial charge in [-0.1, -0.05) is 12.1 Å². The number of nitrogens with zero attached hydrogens (tertiary/aromatic N) is 2. The quantitative estimate of drug-likeness (QED) is 0.635. The predicted octanol–water partition coefficient (Wildman–Crippen LogP) is 2.23. The SMILES string of the molecule is O=C(O)c1ccccc1N/N=C/c1ccncc1. The fraction of sp³-hybridized carbons (Fsp3) is 0. The van der Waals surface area contributed by atoms with Crippen molar-refractivity contribution in [3.63, 3.8) is 0 Å². The zero-order valence-electron chi connectivity index (χ0n) is 9.45. The van der Waals surface area contributed by atoms with Gasteiger partial charge >= 0.3 is 5.97 Å². The standard InChI is InChI=1S/C13H11N3O2/c17-13(18)11-3-1-2-4-12(11)16-15-9-10-5-7-14-8-6-10/h1-9,16H,(H,17,18)/b15-9+. The van der Waals surface area contributed by atoms with Gasteiger partial charge in [0.2, 0.25) is 0 Å². The number of para-hydroxylation sites is 1. The second-order valence-electron chi connectivity index (χ2n) is 3.50. The molecule has 0 aliphatic heterocycles. The summed E-state index contributed by atoms with van der Waals surface area (Å²) < 4.78 is 0. The number of aromatic carboxylic acids is 1. The van der Waals surface area contributed by atoms with Crippen molar-refractivity contribution in [1.29, 1.82) is 0 Å². The summed E-state index contributed by atoms with van der Waals surface area (Å²) in [6.07, 6.45) is 4.92. The number of pyridine rings is 1. The molecule has 0 atom stereocenters. The first-order chi connectivity index (χ1) is 8.77. The van der Waals surface area contributed by atoms with E-state index in [1.165, 1.54) is 6.07 Å². The zero-order chi connectivity index (χ0) is 12.8. The molecule has 0 saturated carbocycles. The summed E-state index contributed by atoms with van der Waals surface area (Å²) in [6, 6.07) is 10.2. The third-order valence-corrected chi connectivity index (χ3v) is 2.26. The number of hydrogen-bond donors (Lipinski definition) is 2. The molecule has 0 bridgehead atoms. The van der Waals surface area contributed by atoms with Gasteiger partial charge < -0.3 is 5.11 Å². The van der Waals surface area contributed by atoms with E-state index < -0.39 is 5.97 Å². The van der Waals surface area contributed by atoms with Crippen LogP contribution in [0.2, 0.25) is 0 Å². The Balaban J connectivity index is 2.11. The Kier molecular flexibility index (Phi) is 3.66. The molecule has 0 aliphatic carbocycles. The van der Waals surface area contributed by atoms with Gasteiger partial charge in [0.05, 0.1) is 17.5 Å². The van der Waals surface area contributed by atoms with E-state index in [4.69, 9.17) is 5.11 Å². The minimum atomic E-state index is -0.989. The topological polar surface area (TPSA) is 74.6 Å². The lowest BCUT2D eigenvalue weighted by Gasteiger charge is -2.03. The van der Waals surface area contributed by atoms with E-state index in [2.05, 4.69) is 15.5 Å². The fourth-order valence-electron chi connectivity index (χ4n) is 1.39. The highest BCUT2D eigenvalue weighted by Gasteiger charge is 2.07. The van der Waals surface area contributed by atoms with Crippen molar-refractivity contribution < 1.29 is 9.90 Å². The van der Waals surface area contributed by atoms with Crippen LogP contribution in [-0.4, -0.2) is 22.3 Å². The van der Waals surface area contributed by atoms with Crippen molar-refractivity contribution in [3.05, 3.63) is 59.9 Å². The first kappa shape index (κ1) is 11.8. The molecule has 0 radical (unpaired) electrons. The number of rotatable bonds is 4. The van der Waals surface area contributed by atoms with E-state index in [9.17, 15) is 4.79 Å². The van der Waals surface area contributed by atoms with Crippen LogP contribution in [-0.2, 0) is 0 Å². The van der Waals surface area contributed by atoms with Gasteiger partial charge in [0.15, 0.2) is 0 Å². The van der Waals surface area contributed by atoms with Crippen molar-refractivity contribution in [3.8, 4) is 0 Å². The summed E-state index contributed by atoms with van der Waals surface area (Å²) in [4.78, 5) is 14.8. The molecule has 1 aromatic carbocycles. The van der Waals surface area contributed by atoms with Crippen molar-refractivity contribution in [2.75, 3.05) is 5.43 Å². The molecule has 0 amide bonds. The second kappa shape index (κ2) is 5.58. The normalized spacial score (nSPS) is 10.4. The number of hydrazone groups is 1. The number of carbonyl (C=O) groups is 1. The van der Waals surface area contributed by atoms with Gasteiger partial charge in [-0.3, -0.25) is 10.4 Å². The van der Waals surface area contributed by atoms with Crippen molar-refractivity contribution in [2.45, 2.75) is 0 Å². The molecular formula is C13H11N3O2. The summed E-state index contributed by atoms with van der Waals surface area (Å²) >= 11 is 0. The maximum absolute atomic E-state index is 11.0.